The Bertz CT molecular complexity index is 1070. The van der Waals surface area contributed by atoms with Gasteiger partial charge in [0.15, 0.2) is 0 Å². The van der Waals surface area contributed by atoms with Crippen LogP contribution in [0, 0.1) is 5.92 Å². The van der Waals surface area contributed by atoms with Crippen LogP contribution < -0.4 is 21.3 Å². The molecule has 2 aromatic carbocycles. The zero-order valence-corrected chi connectivity index (χ0v) is 22.0. The number of carbonyl (C=O) groups is 4. The van der Waals surface area contributed by atoms with Crippen LogP contribution in [0.4, 0.5) is 0 Å². The van der Waals surface area contributed by atoms with Crippen LogP contribution in [0.1, 0.15) is 44.2 Å². The van der Waals surface area contributed by atoms with E-state index in [1.165, 1.54) is 0 Å². The molecule has 5 N–H and O–H groups in total. The highest BCUT2D eigenvalue weighted by Gasteiger charge is 2.33. The largest absolute Gasteiger partial charge is 0.480 e. The zero-order chi connectivity index (χ0) is 27.5. The molecule has 3 rings (SSSR count). The van der Waals surface area contributed by atoms with Crippen LogP contribution in [0.5, 0.6) is 0 Å². The van der Waals surface area contributed by atoms with Crippen molar-refractivity contribution in [2.24, 2.45) is 5.92 Å². The van der Waals surface area contributed by atoms with Gasteiger partial charge in [0.25, 0.3) is 0 Å². The van der Waals surface area contributed by atoms with Crippen molar-refractivity contribution >= 4 is 23.7 Å². The molecule has 9 heteroatoms. The molecular formula is C29H38N4O5. The molecule has 0 saturated carbocycles. The summed E-state index contributed by atoms with van der Waals surface area (Å²) in [4.78, 5) is 51.6. The van der Waals surface area contributed by atoms with E-state index >= 15 is 0 Å². The van der Waals surface area contributed by atoms with E-state index in [4.69, 9.17) is 0 Å². The first-order chi connectivity index (χ1) is 18.3. The van der Waals surface area contributed by atoms with Gasteiger partial charge in [-0.25, -0.2) is 4.79 Å². The fraction of sp³-hybridized carbons (Fsp3) is 0.448. The Labute approximate surface area is 223 Å². The van der Waals surface area contributed by atoms with Crippen molar-refractivity contribution in [3.8, 4) is 0 Å². The number of carboxylic acids is 1. The smallest absolute Gasteiger partial charge is 0.326 e. The molecule has 204 valence electrons. The molecule has 0 aliphatic carbocycles. The Morgan fingerprint density at radius 1 is 0.868 bits per heavy atom. The molecule has 9 nitrogen and oxygen atoms in total. The van der Waals surface area contributed by atoms with Gasteiger partial charge in [-0.3, -0.25) is 14.4 Å². The lowest BCUT2D eigenvalue weighted by Crippen LogP contribution is -2.59. The summed E-state index contributed by atoms with van der Waals surface area (Å²) in [6, 6.07) is 14.8. The number of aliphatic carboxylic acids is 1. The lowest BCUT2D eigenvalue weighted by Gasteiger charge is -2.28. The van der Waals surface area contributed by atoms with Crippen LogP contribution in [0.25, 0.3) is 0 Å². The molecule has 2 aromatic rings. The number of hydrogen-bond donors (Lipinski definition) is 5. The van der Waals surface area contributed by atoms with Crippen LogP contribution in [-0.4, -0.2) is 59.5 Å². The van der Waals surface area contributed by atoms with Crippen molar-refractivity contribution in [1.29, 1.82) is 0 Å². The molecule has 5 unspecified atom stereocenters. The van der Waals surface area contributed by atoms with Gasteiger partial charge < -0.3 is 26.4 Å². The van der Waals surface area contributed by atoms with E-state index in [0.29, 0.717) is 12.8 Å². The SMILES string of the molecule is CCC(C)C(NC(=O)C1CCCN1)C(=O)NC(Cc1ccccc1)C(=O)NC(Cc1ccccc1)C(=O)O. The van der Waals surface area contributed by atoms with Crippen molar-refractivity contribution in [3.63, 3.8) is 0 Å². The third kappa shape index (κ3) is 8.41. The first-order valence-corrected chi connectivity index (χ1v) is 13.2. The van der Waals surface area contributed by atoms with Crippen molar-refractivity contribution in [3.05, 3.63) is 71.8 Å². The minimum atomic E-state index is -1.17. The van der Waals surface area contributed by atoms with Crippen LogP contribution in [0.3, 0.4) is 0 Å². The number of benzene rings is 2. The van der Waals surface area contributed by atoms with Crippen LogP contribution >= 0.6 is 0 Å². The number of carbonyl (C=O) groups excluding carboxylic acids is 3. The van der Waals surface area contributed by atoms with Crippen molar-refractivity contribution < 1.29 is 24.3 Å². The third-order valence-electron chi connectivity index (χ3n) is 6.98. The number of amides is 3. The molecule has 5 atom stereocenters. The van der Waals surface area contributed by atoms with Gasteiger partial charge in [-0.05, 0) is 36.4 Å². The maximum absolute atomic E-state index is 13.5. The minimum absolute atomic E-state index is 0.105. The van der Waals surface area contributed by atoms with E-state index in [9.17, 15) is 24.3 Å². The highest BCUT2D eigenvalue weighted by Crippen LogP contribution is 2.13. The monoisotopic (exact) mass is 522 g/mol. The van der Waals surface area contributed by atoms with Crippen molar-refractivity contribution in [2.45, 2.75) is 70.1 Å². The van der Waals surface area contributed by atoms with E-state index in [1.54, 1.807) is 24.3 Å². The van der Waals surface area contributed by atoms with Crippen LogP contribution in [0.2, 0.25) is 0 Å². The van der Waals surface area contributed by atoms with Gasteiger partial charge >= 0.3 is 5.97 Å². The Morgan fingerprint density at radius 3 is 1.92 bits per heavy atom. The van der Waals surface area contributed by atoms with Gasteiger partial charge in [-0.15, -0.1) is 0 Å². The summed E-state index contributed by atoms with van der Waals surface area (Å²) < 4.78 is 0. The Balaban J connectivity index is 1.77. The average Bonchev–Trinajstić information content (AvgIpc) is 3.47. The molecular weight excluding hydrogens is 484 g/mol. The molecule has 0 spiro atoms. The number of carboxylic acid groups (broad SMARTS) is 1. The maximum Gasteiger partial charge on any atom is 0.326 e. The second kappa shape index (κ2) is 14.3. The van der Waals surface area contributed by atoms with Crippen molar-refractivity contribution in [1.82, 2.24) is 21.3 Å². The molecule has 0 aromatic heterocycles. The van der Waals surface area contributed by atoms with Gasteiger partial charge in [0.05, 0.1) is 6.04 Å². The fourth-order valence-electron chi connectivity index (χ4n) is 4.51. The predicted octanol–water partition coefficient (Wildman–Crippen LogP) is 1.81. The van der Waals surface area contributed by atoms with Crippen LogP contribution in [0.15, 0.2) is 60.7 Å². The first kappa shape index (κ1) is 28.8. The summed E-state index contributed by atoms with van der Waals surface area (Å²) in [6.45, 7) is 4.56. The Kier molecular flexibility index (Phi) is 10.8. The third-order valence-corrected chi connectivity index (χ3v) is 6.98. The summed E-state index contributed by atoms with van der Waals surface area (Å²) >= 11 is 0. The van der Waals surface area contributed by atoms with Gasteiger partial charge in [-0.1, -0.05) is 80.9 Å². The molecule has 38 heavy (non-hydrogen) atoms. The summed E-state index contributed by atoms with van der Waals surface area (Å²) in [7, 11) is 0. The summed E-state index contributed by atoms with van der Waals surface area (Å²) in [5, 5.41) is 21.2. The molecule has 1 aliphatic rings. The van der Waals surface area contributed by atoms with Gasteiger partial charge in [0.1, 0.15) is 18.1 Å². The molecule has 0 bridgehead atoms. The lowest BCUT2D eigenvalue weighted by atomic mass is 9.96. The minimum Gasteiger partial charge on any atom is -0.480 e. The Morgan fingerprint density at radius 2 is 1.42 bits per heavy atom. The van der Waals surface area contributed by atoms with E-state index < -0.39 is 35.9 Å². The van der Waals surface area contributed by atoms with E-state index in [1.807, 2.05) is 50.2 Å². The lowest BCUT2D eigenvalue weighted by molar-refractivity contribution is -0.142. The summed E-state index contributed by atoms with van der Waals surface area (Å²) in [6.07, 6.45) is 2.52. The second-order valence-electron chi connectivity index (χ2n) is 9.86. The second-order valence-corrected chi connectivity index (χ2v) is 9.86. The van der Waals surface area contributed by atoms with Crippen LogP contribution in [-0.2, 0) is 32.0 Å². The standard InChI is InChI=1S/C29H38N4O5/c1-3-19(2)25(33-26(34)22-15-10-16-30-22)28(36)31-23(17-20-11-6-4-7-12-20)27(35)32-24(29(37)38)18-21-13-8-5-9-14-21/h4-9,11-14,19,22-25,30H,3,10,15-18H2,1-2H3,(H,31,36)(H,32,35)(H,33,34)(H,37,38). The number of hydrogen-bond acceptors (Lipinski definition) is 5. The molecule has 0 radical (unpaired) electrons. The predicted molar refractivity (Wildman–Crippen MR) is 144 cm³/mol. The highest BCUT2D eigenvalue weighted by atomic mass is 16.4. The molecule has 1 aliphatic heterocycles. The molecule has 1 heterocycles. The molecule has 1 fully saturated rings. The topological polar surface area (TPSA) is 137 Å². The Hall–Kier alpha value is -3.72. The van der Waals surface area contributed by atoms with Gasteiger partial charge in [0, 0.05) is 12.8 Å². The van der Waals surface area contributed by atoms with Gasteiger partial charge in [-0.2, -0.15) is 0 Å². The summed E-state index contributed by atoms with van der Waals surface area (Å²) in [5.41, 5.74) is 1.58. The summed E-state index contributed by atoms with van der Waals surface area (Å²) in [5.74, 6) is -2.65. The van der Waals surface area contributed by atoms with E-state index in [-0.39, 0.29) is 30.7 Å². The average molecular weight is 523 g/mol. The number of rotatable bonds is 13. The first-order valence-electron chi connectivity index (χ1n) is 13.2. The quantitative estimate of drug-likeness (QED) is 0.272. The molecule has 3 amide bonds. The fourth-order valence-corrected chi connectivity index (χ4v) is 4.51. The zero-order valence-electron chi connectivity index (χ0n) is 22.0. The van der Waals surface area contributed by atoms with Gasteiger partial charge in [0.2, 0.25) is 17.7 Å². The molecule has 1 saturated heterocycles. The van der Waals surface area contributed by atoms with E-state index in [2.05, 4.69) is 21.3 Å². The van der Waals surface area contributed by atoms with Crippen molar-refractivity contribution in [2.75, 3.05) is 6.54 Å². The maximum atomic E-state index is 13.5. The number of nitrogens with one attached hydrogen (secondary N) is 4. The van der Waals surface area contributed by atoms with E-state index in [0.717, 1.165) is 24.1 Å². The highest BCUT2D eigenvalue weighted by molar-refractivity contribution is 5.94. The normalized spacial score (nSPS) is 18.0.